The second kappa shape index (κ2) is 7.02. The van der Waals surface area contributed by atoms with E-state index in [2.05, 4.69) is 26.1 Å². The lowest BCUT2D eigenvalue weighted by Crippen LogP contribution is -2.17. The number of H-pyrrole nitrogens is 1. The van der Waals surface area contributed by atoms with Gasteiger partial charge in [0.1, 0.15) is 12.0 Å². The van der Waals surface area contributed by atoms with Gasteiger partial charge in [-0.05, 0) is 24.8 Å². The summed E-state index contributed by atoms with van der Waals surface area (Å²) in [6.07, 6.45) is 12.7. The number of nitriles is 1. The van der Waals surface area contributed by atoms with E-state index in [4.69, 9.17) is 0 Å². The van der Waals surface area contributed by atoms with Crippen molar-refractivity contribution in [3.63, 3.8) is 0 Å². The molecule has 0 bridgehead atoms. The minimum Gasteiger partial charge on any atom is -0.346 e. The summed E-state index contributed by atoms with van der Waals surface area (Å²) in [5.41, 5.74) is 2.68. The summed E-state index contributed by atoms with van der Waals surface area (Å²) in [6, 6.07) is 4.47. The molecule has 7 heteroatoms. The predicted molar refractivity (Wildman–Crippen MR) is 93.6 cm³/mol. The van der Waals surface area contributed by atoms with E-state index in [-0.39, 0.29) is 18.4 Å². The van der Waals surface area contributed by atoms with Gasteiger partial charge in [0.15, 0.2) is 0 Å². The highest BCUT2D eigenvalue weighted by Gasteiger charge is 2.27. The summed E-state index contributed by atoms with van der Waals surface area (Å²) in [5, 5.41) is 14.7. The number of aromatic nitrogens is 5. The fourth-order valence-corrected chi connectivity index (χ4v) is 3.66. The maximum atomic E-state index is 9.18. The number of hydrogen-bond donors (Lipinski definition) is 1. The molecule has 0 unspecified atom stereocenters. The molecule has 3 aromatic rings. The van der Waals surface area contributed by atoms with Gasteiger partial charge in [0.05, 0.1) is 30.4 Å². The van der Waals surface area contributed by atoms with Crippen LogP contribution in [0.3, 0.4) is 0 Å². The number of rotatable bonds is 4. The lowest BCUT2D eigenvalue weighted by atomic mass is 9.96. The molecule has 1 fully saturated rings. The van der Waals surface area contributed by atoms with Crippen LogP contribution >= 0.6 is 12.4 Å². The van der Waals surface area contributed by atoms with Crippen molar-refractivity contribution in [2.45, 2.75) is 38.1 Å². The minimum absolute atomic E-state index is 0. The van der Waals surface area contributed by atoms with Gasteiger partial charge in [-0.1, -0.05) is 12.8 Å². The second-order valence-corrected chi connectivity index (χ2v) is 6.15. The molecule has 4 rings (SSSR count). The van der Waals surface area contributed by atoms with E-state index in [1.165, 1.54) is 25.7 Å². The van der Waals surface area contributed by atoms with Crippen molar-refractivity contribution in [3.8, 4) is 17.3 Å². The lowest BCUT2D eigenvalue weighted by Gasteiger charge is -2.21. The van der Waals surface area contributed by atoms with E-state index in [9.17, 15) is 5.26 Å². The predicted octanol–water partition coefficient (Wildman–Crippen LogP) is 3.89. The normalized spacial score (nSPS) is 16.0. The third-order valence-electron chi connectivity index (χ3n) is 4.81. The third kappa shape index (κ3) is 2.87. The average Bonchev–Trinajstić information content (AvgIpc) is 3.32. The van der Waals surface area contributed by atoms with E-state index >= 15 is 0 Å². The minimum atomic E-state index is 0. The molecule has 0 aliphatic heterocycles. The number of nitrogens with zero attached hydrogens (tertiary/aromatic N) is 5. The van der Waals surface area contributed by atoms with E-state index in [1.807, 2.05) is 29.3 Å². The molecule has 0 saturated heterocycles. The Bertz CT molecular complexity index is 855. The highest BCUT2D eigenvalue weighted by atomic mass is 35.5. The van der Waals surface area contributed by atoms with Crippen LogP contribution in [-0.2, 0) is 0 Å². The van der Waals surface area contributed by atoms with Gasteiger partial charge in [0, 0.05) is 23.3 Å². The van der Waals surface area contributed by atoms with Gasteiger partial charge in [-0.25, -0.2) is 9.97 Å². The molecule has 124 valence electrons. The Hall–Kier alpha value is -2.39. The van der Waals surface area contributed by atoms with Crippen LogP contribution < -0.4 is 0 Å². The first-order chi connectivity index (χ1) is 11.4. The van der Waals surface area contributed by atoms with Gasteiger partial charge in [-0.3, -0.25) is 4.68 Å². The van der Waals surface area contributed by atoms with Gasteiger partial charge in [0.2, 0.25) is 0 Å². The number of nitrogens with one attached hydrogen (secondary N) is 1. The van der Waals surface area contributed by atoms with Gasteiger partial charge < -0.3 is 4.98 Å². The molecular weight excluding hydrogens is 324 g/mol. The zero-order chi connectivity index (χ0) is 15.6. The van der Waals surface area contributed by atoms with Crippen molar-refractivity contribution in [3.05, 3.63) is 31.0 Å². The number of halogens is 1. The molecule has 1 aliphatic rings. The molecule has 6 nitrogen and oxygen atoms in total. The Morgan fingerprint density at radius 2 is 2.17 bits per heavy atom. The summed E-state index contributed by atoms with van der Waals surface area (Å²) in [5.74, 6) is 0.556. The van der Waals surface area contributed by atoms with Crippen molar-refractivity contribution in [1.29, 1.82) is 5.26 Å². The third-order valence-corrected chi connectivity index (χ3v) is 4.81. The Kier molecular flexibility index (Phi) is 4.81. The number of aromatic amines is 1. The largest absolute Gasteiger partial charge is 0.346 e. The van der Waals surface area contributed by atoms with Gasteiger partial charge in [0.25, 0.3) is 0 Å². The Morgan fingerprint density at radius 1 is 1.33 bits per heavy atom. The van der Waals surface area contributed by atoms with Crippen LogP contribution in [0.4, 0.5) is 0 Å². The zero-order valence-corrected chi connectivity index (χ0v) is 14.0. The van der Waals surface area contributed by atoms with Crippen molar-refractivity contribution in [2.75, 3.05) is 0 Å². The van der Waals surface area contributed by atoms with E-state index in [0.717, 1.165) is 22.3 Å². The molecule has 24 heavy (non-hydrogen) atoms. The van der Waals surface area contributed by atoms with E-state index in [0.29, 0.717) is 12.3 Å². The first-order valence-corrected chi connectivity index (χ1v) is 8.06. The van der Waals surface area contributed by atoms with Crippen LogP contribution in [-0.4, -0.2) is 24.7 Å². The van der Waals surface area contributed by atoms with Crippen molar-refractivity contribution < 1.29 is 0 Å². The summed E-state index contributed by atoms with van der Waals surface area (Å²) in [7, 11) is 0. The Labute approximate surface area is 146 Å². The quantitative estimate of drug-likeness (QED) is 0.779. The molecule has 0 aromatic carbocycles. The first-order valence-electron chi connectivity index (χ1n) is 8.06. The second-order valence-electron chi connectivity index (χ2n) is 6.15. The van der Waals surface area contributed by atoms with Crippen molar-refractivity contribution >= 4 is 23.4 Å². The van der Waals surface area contributed by atoms with Crippen LogP contribution in [0.25, 0.3) is 22.3 Å². The van der Waals surface area contributed by atoms with Gasteiger partial charge in [-0.2, -0.15) is 10.4 Å². The summed E-state index contributed by atoms with van der Waals surface area (Å²) in [4.78, 5) is 11.7. The SMILES string of the molecule is Cl.N#CC[C@H](C1CCCC1)n1cc(-c2ncnc3[nH]ccc23)cn1. The molecule has 1 saturated carbocycles. The number of hydrogen-bond acceptors (Lipinski definition) is 4. The van der Waals surface area contributed by atoms with Crippen molar-refractivity contribution in [1.82, 2.24) is 24.7 Å². The monoisotopic (exact) mass is 342 g/mol. The van der Waals surface area contributed by atoms with Gasteiger partial charge >= 0.3 is 0 Å². The molecule has 1 N–H and O–H groups in total. The fraction of sp³-hybridized carbons (Fsp3) is 0.412. The molecule has 1 atom stereocenters. The molecule has 0 spiro atoms. The number of fused-ring (bicyclic) bond motifs is 1. The topological polar surface area (TPSA) is 83.2 Å². The smallest absolute Gasteiger partial charge is 0.141 e. The maximum absolute atomic E-state index is 9.18. The van der Waals surface area contributed by atoms with Crippen LogP contribution in [0.1, 0.15) is 38.1 Å². The van der Waals surface area contributed by atoms with Gasteiger partial charge in [-0.15, -0.1) is 12.4 Å². The first kappa shape index (κ1) is 16.5. The summed E-state index contributed by atoms with van der Waals surface area (Å²) >= 11 is 0. The molecular formula is C17H19ClN6. The van der Waals surface area contributed by atoms with E-state index in [1.54, 1.807) is 6.33 Å². The van der Waals surface area contributed by atoms with Crippen LogP contribution in [0.5, 0.6) is 0 Å². The van der Waals surface area contributed by atoms with E-state index < -0.39 is 0 Å². The van der Waals surface area contributed by atoms with Crippen molar-refractivity contribution in [2.24, 2.45) is 5.92 Å². The summed E-state index contributed by atoms with van der Waals surface area (Å²) < 4.78 is 1.97. The molecule has 0 radical (unpaired) electrons. The molecule has 3 aromatic heterocycles. The lowest BCUT2D eigenvalue weighted by molar-refractivity contribution is 0.315. The zero-order valence-electron chi connectivity index (χ0n) is 13.2. The summed E-state index contributed by atoms with van der Waals surface area (Å²) in [6.45, 7) is 0. The maximum Gasteiger partial charge on any atom is 0.141 e. The van der Waals surface area contributed by atoms with Crippen LogP contribution in [0, 0.1) is 17.2 Å². The average molecular weight is 343 g/mol. The molecule has 3 heterocycles. The van der Waals surface area contributed by atoms with Crippen LogP contribution in [0.15, 0.2) is 31.0 Å². The van der Waals surface area contributed by atoms with Crippen LogP contribution in [0.2, 0.25) is 0 Å². The molecule has 1 aliphatic carbocycles. The Balaban J connectivity index is 0.00000169. The standard InChI is InChI=1S/C17H18N6.ClH/c18-7-5-15(12-3-1-2-4-12)23-10-13(9-22-23)16-14-6-8-19-17(14)21-11-20-16;/h6,8-12,15H,1-5H2,(H,19,20,21);1H/t15-;/m1./s1. The highest BCUT2D eigenvalue weighted by Crippen LogP contribution is 2.36. The Morgan fingerprint density at radius 3 is 2.96 bits per heavy atom. The fourth-order valence-electron chi connectivity index (χ4n) is 3.66. The highest BCUT2D eigenvalue weighted by molar-refractivity contribution is 5.89. The molecule has 0 amide bonds.